The van der Waals surface area contributed by atoms with Gasteiger partial charge in [0.15, 0.2) is 0 Å². The molecule has 1 rings (SSSR count). The molecule has 0 bridgehead atoms. The maximum Gasteiger partial charge on any atom is 0.115 e. The van der Waals surface area contributed by atoms with Crippen molar-refractivity contribution in [2.45, 2.75) is 19.4 Å². The minimum absolute atomic E-state index is 0. The standard InChI is InChI=1S/C7H11N3.ClH/c1-7(2,8)6-3-9-5-10-4-6;/h3-5H,8H2,1-2H3;1H. The molecule has 0 spiro atoms. The lowest BCUT2D eigenvalue weighted by Gasteiger charge is -2.16. The highest BCUT2D eigenvalue weighted by Gasteiger charge is 2.13. The smallest absolute Gasteiger partial charge is 0.115 e. The predicted molar refractivity (Wildman–Crippen MR) is 46.5 cm³/mol. The molecule has 1 aromatic rings. The molecule has 0 radical (unpaired) electrons. The third-order valence-electron chi connectivity index (χ3n) is 1.30. The van der Waals surface area contributed by atoms with Crippen molar-refractivity contribution in [3.8, 4) is 0 Å². The van der Waals surface area contributed by atoms with Crippen molar-refractivity contribution in [3.63, 3.8) is 0 Å². The summed E-state index contributed by atoms with van der Waals surface area (Å²) >= 11 is 0. The van der Waals surface area contributed by atoms with Crippen LogP contribution in [-0.2, 0) is 5.54 Å². The second kappa shape index (κ2) is 3.64. The Bertz CT molecular complexity index is 205. The number of hydrogen-bond acceptors (Lipinski definition) is 3. The monoisotopic (exact) mass is 173 g/mol. The predicted octanol–water partition coefficient (Wildman–Crippen LogP) is 1.09. The van der Waals surface area contributed by atoms with Crippen molar-refractivity contribution < 1.29 is 0 Å². The average molecular weight is 174 g/mol. The van der Waals surface area contributed by atoms with Crippen LogP contribution >= 0.6 is 12.4 Å². The molecular weight excluding hydrogens is 162 g/mol. The molecule has 0 aliphatic heterocycles. The Labute approximate surface area is 72.5 Å². The van der Waals surface area contributed by atoms with E-state index in [1.54, 1.807) is 12.4 Å². The van der Waals surface area contributed by atoms with Gasteiger partial charge in [-0.1, -0.05) is 0 Å². The zero-order valence-corrected chi connectivity index (χ0v) is 7.43. The van der Waals surface area contributed by atoms with Crippen molar-refractivity contribution in [2.24, 2.45) is 5.73 Å². The van der Waals surface area contributed by atoms with Crippen LogP contribution in [0.4, 0.5) is 0 Å². The van der Waals surface area contributed by atoms with Gasteiger partial charge < -0.3 is 5.73 Å². The maximum absolute atomic E-state index is 5.78. The Balaban J connectivity index is 0.000001000. The molecule has 0 unspecified atom stereocenters. The number of rotatable bonds is 1. The summed E-state index contributed by atoms with van der Waals surface area (Å²) in [5, 5.41) is 0. The summed E-state index contributed by atoms with van der Waals surface area (Å²) in [7, 11) is 0. The largest absolute Gasteiger partial charge is 0.322 e. The third kappa shape index (κ3) is 2.82. The van der Waals surface area contributed by atoms with Crippen LogP contribution in [0.1, 0.15) is 19.4 Å². The summed E-state index contributed by atoms with van der Waals surface area (Å²) in [6, 6.07) is 0. The van der Waals surface area contributed by atoms with E-state index in [0.29, 0.717) is 0 Å². The normalized spacial score (nSPS) is 10.5. The summed E-state index contributed by atoms with van der Waals surface area (Å²) in [5.74, 6) is 0. The molecule has 0 aromatic carbocycles. The second-order valence-corrected chi connectivity index (χ2v) is 2.85. The van der Waals surface area contributed by atoms with E-state index in [1.165, 1.54) is 6.33 Å². The van der Waals surface area contributed by atoms with E-state index < -0.39 is 0 Å². The topological polar surface area (TPSA) is 51.8 Å². The lowest BCUT2D eigenvalue weighted by atomic mass is 9.99. The van der Waals surface area contributed by atoms with Crippen LogP contribution in [0.3, 0.4) is 0 Å². The summed E-state index contributed by atoms with van der Waals surface area (Å²) in [6.45, 7) is 3.84. The van der Waals surface area contributed by atoms with Crippen LogP contribution in [0.5, 0.6) is 0 Å². The highest BCUT2D eigenvalue weighted by atomic mass is 35.5. The number of hydrogen-bond donors (Lipinski definition) is 1. The first kappa shape index (κ1) is 10.3. The fourth-order valence-corrected chi connectivity index (χ4v) is 0.632. The van der Waals surface area contributed by atoms with Crippen molar-refractivity contribution in [2.75, 3.05) is 0 Å². The summed E-state index contributed by atoms with van der Waals surface area (Å²) in [4.78, 5) is 7.72. The molecule has 0 fully saturated rings. The third-order valence-corrected chi connectivity index (χ3v) is 1.30. The molecule has 1 aromatic heterocycles. The molecule has 62 valence electrons. The van der Waals surface area contributed by atoms with E-state index >= 15 is 0 Å². The lowest BCUT2D eigenvalue weighted by Crippen LogP contribution is -2.28. The second-order valence-electron chi connectivity index (χ2n) is 2.85. The fourth-order valence-electron chi connectivity index (χ4n) is 0.632. The first-order valence-electron chi connectivity index (χ1n) is 3.15. The van der Waals surface area contributed by atoms with Crippen LogP contribution in [0.15, 0.2) is 18.7 Å². The summed E-state index contributed by atoms with van der Waals surface area (Å²) in [5.41, 5.74) is 6.40. The SMILES string of the molecule is CC(C)(N)c1cncnc1.Cl. The molecule has 1 heterocycles. The van der Waals surface area contributed by atoms with Gasteiger partial charge in [0.25, 0.3) is 0 Å². The number of nitrogens with zero attached hydrogens (tertiary/aromatic N) is 2. The zero-order valence-electron chi connectivity index (χ0n) is 6.61. The van der Waals surface area contributed by atoms with Gasteiger partial charge in [0.05, 0.1) is 0 Å². The van der Waals surface area contributed by atoms with Crippen molar-refractivity contribution >= 4 is 12.4 Å². The quantitative estimate of drug-likeness (QED) is 0.692. The van der Waals surface area contributed by atoms with Crippen molar-refractivity contribution in [1.29, 1.82) is 0 Å². The molecule has 2 N–H and O–H groups in total. The molecular formula is C7H12ClN3. The Hall–Kier alpha value is -0.670. The minimum atomic E-state index is -0.332. The first-order valence-corrected chi connectivity index (χ1v) is 3.15. The molecule has 0 amide bonds. The Morgan fingerprint density at radius 1 is 1.27 bits per heavy atom. The first-order chi connectivity index (χ1) is 4.61. The van der Waals surface area contributed by atoms with Gasteiger partial charge in [-0.05, 0) is 13.8 Å². The van der Waals surface area contributed by atoms with E-state index in [9.17, 15) is 0 Å². The van der Waals surface area contributed by atoms with E-state index in [2.05, 4.69) is 9.97 Å². The lowest BCUT2D eigenvalue weighted by molar-refractivity contribution is 0.549. The van der Waals surface area contributed by atoms with Gasteiger partial charge in [-0.3, -0.25) is 0 Å². The maximum atomic E-state index is 5.78. The van der Waals surface area contributed by atoms with Crippen LogP contribution in [-0.4, -0.2) is 9.97 Å². The summed E-state index contributed by atoms with van der Waals surface area (Å²) in [6.07, 6.45) is 4.95. The van der Waals surface area contributed by atoms with Crippen molar-refractivity contribution in [1.82, 2.24) is 9.97 Å². The van der Waals surface area contributed by atoms with Gasteiger partial charge in [-0.2, -0.15) is 0 Å². The van der Waals surface area contributed by atoms with E-state index in [0.717, 1.165) is 5.56 Å². The number of aromatic nitrogens is 2. The van der Waals surface area contributed by atoms with Crippen LogP contribution < -0.4 is 5.73 Å². The van der Waals surface area contributed by atoms with Crippen molar-refractivity contribution in [3.05, 3.63) is 24.3 Å². The Morgan fingerprint density at radius 3 is 2.00 bits per heavy atom. The molecule has 4 heteroatoms. The van der Waals surface area contributed by atoms with Gasteiger partial charge in [0, 0.05) is 23.5 Å². The highest BCUT2D eigenvalue weighted by molar-refractivity contribution is 5.85. The van der Waals surface area contributed by atoms with Gasteiger partial charge in [0.1, 0.15) is 6.33 Å². The molecule has 0 aliphatic rings. The Morgan fingerprint density at radius 2 is 1.73 bits per heavy atom. The van der Waals surface area contributed by atoms with Crippen LogP contribution in [0.2, 0.25) is 0 Å². The Kier molecular flexibility index (Phi) is 3.42. The average Bonchev–Trinajstić information content (AvgIpc) is 1.88. The molecule has 0 saturated heterocycles. The number of halogens is 1. The van der Waals surface area contributed by atoms with Gasteiger partial charge >= 0.3 is 0 Å². The van der Waals surface area contributed by atoms with Gasteiger partial charge in [-0.15, -0.1) is 12.4 Å². The molecule has 0 aliphatic carbocycles. The van der Waals surface area contributed by atoms with E-state index in [1.807, 2.05) is 13.8 Å². The molecule has 0 atom stereocenters. The molecule has 11 heavy (non-hydrogen) atoms. The zero-order chi connectivity index (χ0) is 7.61. The molecule has 3 nitrogen and oxygen atoms in total. The fraction of sp³-hybridized carbons (Fsp3) is 0.429. The molecule has 0 saturated carbocycles. The van der Waals surface area contributed by atoms with Crippen LogP contribution in [0, 0.1) is 0 Å². The van der Waals surface area contributed by atoms with Gasteiger partial charge in [0.2, 0.25) is 0 Å². The van der Waals surface area contributed by atoms with E-state index in [-0.39, 0.29) is 17.9 Å². The van der Waals surface area contributed by atoms with E-state index in [4.69, 9.17) is 5.73 Å². The summed E-state index contributed by atoms with van der Waals surface area (Å²) < 4.78 is 0. The van der Waals surface area contributed by atoms with Gasteiger partial charge in [-0.25, -0.2) is 9.97 Å². The minimum Gasteiger partial charge on any atom is -0.322 e. The van der Waals surface area contributed by atoms with Crippen LogP contribution in [0.25, 0.3) is 0 Å². The highest BCUT2D eigenvalue weighted by Crippen LogP contribution is 2.12. The number of nitrogens with two attached hydrogens (primary N) is 1.